The van der Waals surface area contributed by atoms with E-state index in [1.807, 2.05) is 75.1 Å². The third-order valence-corrected chi connectivity index (χ3v) is 12.4. The van der Waals surface area contributed by atoms with E-state index in [9.17, 15) is 27.6 Å². The average Bonchev–Trinajstić information content (AvgIpc) is 3.96. The summed E-state index contributed by atoms with van der Waals surface area (Å²) in [5, 5.41) is 5.01. The number of amides is 4. The van der Waals surface area contributed by atoms with Crippen molar-refractivity contribution in [2.75, 3.05) is 18.1 Å². The number of benzene rings is 2. The van der Waals surface area contributed by atoms with E-state index in [1.165, 1.54) is 11.0 Å². The Hall–Kier alpha value is -4.39. The number of carbonyl (C=O) groups is 4. The Morgan fingerprint density at radius 1 is 1.00 bits per heavy atom. The standard InChI is InChI=1S/C38H49N5O7S/c1-6-26-21-38(26,35(46)41-51(48,49)29-19-20-29)40-33(44)31-22-42(27-17-15-25(16-18-27)30-14-10-7-11-24(30)2)23-43(31)34(45)32(37(3,4)5)39-36(47)50-28-12-8-9-13-28/h6-7,10-11,14-18,26,28-29,31-32H,1,8-9,12-13,19-23H2,2-5H3,(H,39,47)(H,40,44)(H,41,46)/t26-,31+,32-,38-/m1/s1. The van der Waals surface area contributed by atoms with Gasteiger partial charge in [0.1, 0.15) is 23.7 Å². The van der Waals surface area contributed by atoms with Crippen LogP contribution in [0.3, 0.4) is 0 Å². The largest absolute Gasteiger partial charge is 0.446 e. The monoisotopic (exact) mass is 719 g/mol. The van der Waals surface area contributed by atoms with Gasteiger partial charge in [0.05, 0.1) is 11.9 Å². The molecule has 2 aromatic rings. The van der Waals surface area contributed by atoms with Gasteiger partial charge in [0.25, 0.3) is 5.91 Å². The average molecular weight is 720 g/mol. The van der Waals surface area contributed by atoms with Crippen molar-refractivity contribution in [2.45, 2.75) is 102 Å². The summed E-state index contributed by atoms with van der Waals surface area (Å²) in [6, 6.07) is 13.8. The minimum atomic E-state index is -3.87. The lowest BCUT2D eigenvalue weighted by Gasteiger charge is -2.35. The zero-order valence-electron chi connectivity index (χ0n) is 29.8. The van der Waals surface area contributed by atoms with E-state index in [0.29, 0.717) is 12.8 Å². The number of hydrogen-bond acceptors (Lipinski definition) is 8. The Morgan fingerprint density at radius 2 is 1.67 bits per heavy atom. The molecule has 274 valence electrons. The Bertz CT molecular complexity index is 1800. The number of alkyl carbamates (subject to hydrolysis) is 1. The van der Waals surface area contributed by atoms with E-state index in [-0.39, 0.29) is 25.7 Å². The molecule has 4 amide bonds. The van der Waals surface area contributed by atoms with E-state index >= 15 is 0 Å². The van der Waals surface area contributed by atoms with Crippen LogP contribution in [-0.2, 0) is 29.1 Å². The molecule has 1 heterocycles. The van der Waals surface area contributed by atoms with Gasteiger partial charge in [-0.3, -0.25) is 19.1 Å². The van der Waals surface area contributed by atoms with E-state index in [2.05, 4.69) is 28.0 Å². The lowest BCUT2D eigenvalue weighted by atomic mass is 9.85. The van der Waals surface area contributed by atoms with Crippen LogP contribution in [0.4, 0.5) is 10.5 Å². The van der Waals surface area contributed by atoms with Crippen LogP contribution in [0.25, 0.3) is 11.1 Å². The highest BCUT2D eigenvalue weighted by Gasteiger charge is 2.62. The summed E-state index contributed by atoms with van der Waals surface area (Å²) in [5.74, 6) is -2.38. The summed E-state index contributed by atoms with van der Waals surface area (Å²) < 4.78 is 33.2. The first-order valence-corrected chi connectivity index (χ1v) is 19.4. The van der Waals surface area contributed by atoms with Crippen LogP contribution in [-0.4, -0.2) is 79.3 Å². The summed E-state index contributed by atoms with van der Waals surface area (Å²) in [7, 11) is -3.87. The van der Waals surface area contributed by atoms with Crippen molar-refractivity contribution >= 4 is 39.5 Å². The highest BCUT2D eigenvalue weighted by atomic mass is 32.2. The molecule has 3 aliphatic carbocycles. The van der Waals surface area contributed by atoms with Gasteiger partial charge in [0, 0.05) is 18.2 Å². The molecule has 3 saturated carbocycles. The van der Waals surface area contributed by atoms with Crippen molar-refractivity contribution in [3.63, 3.8) is 0 Å². The van der Waals surface area contributed by atoms with Gasteiger partial charge < -0.3 is 25.2 Å². The second kappa shape index (κ2) is 14.0. The molecule has 4 fully saturated rings. The summed E-state index contributed by atoms with van der Waals surface area (Å²) >= 11 is 0. The fourth-order valence-corrected chi connectivity index (χ4v) is 8.54. The molecule has 0 unspecified atom stereocenters. The summed E-state index contributed by atoms with van der Waals surface area (Å²) in [6.07, 6.45) is 5.28. The van der Waals surface area contributed by atoms with Gasteiger partial charge in [-0.25, -0.2) is 13.2 Å². The number of ether oxygens (including phenoxy) is 1. The lowest BCUT2D eigenvalue weighted by Crippen LogP contribution is -2.60. The molecule has 6 rings (SSSR count). The topological polar surface area (TPSA) is 154 Å². The van der Waals surface area contributed by atoms with Gasteiger partial charge in [0.15, 0.2) is 0 Å². The van der Waals surface area contributed by atoms with Crippen LogP contribution in [0.2, 0.25) is 0 Å². The minimum Gasteiger partial charge on any atom is -0.446 e. The number of sulfonamides is 1. The molecule has 2 aromatic carbocycles. The van der Waals surface area contributed by atoms with Crippen LogP contribution in [0.5, 0.6) is 0 Å². The zero-order chi connectivity index (χ0) is 36.7. The molecule has 13 heteroatoms. The van der Waals surface area contributed by atoms with Crippen LogP contribution in [0, 0.1) is 18.3 Å². The van der Waals surface area contributed by atoms with Crippen molar-refractivity contribution in [1.29, 1.82) is 0 Å². The normalized spacial score (nSPS) is 24.1. The van der Waals surface area contributed by atoms with Gasteiger partial charge in [-0.1, -0.05) is 63.2 Å². The molecule has 0 spiro atoms. The number of nitrogens with one attached hydrogen (secondary N) is 3. The van der Waals surface area contributed by atoms with Crippen LogP contribution in [0.15, 0.2) is 61.2 Å². The second-order valence-corrected chi connectivity index (χ2v) is 17.4. The number of anilines is 1. The number of hydrogen-bond donors (Lipinski definition) is 3. The molecular weight excluding hydrogens is 671 g/mol. The molecule has 1 saturated heterocycles. The van der Waals surface area contributed by atoms with Crippen LogP contribution >= 0.6 is 0 Å². The fourth-order valence-electron chi connectivity index (χ4n) is 7.17. The lowest BCUT2D eigenvalue weighted by molar-refractivity contribution is -0.142. The van der Waals surface area contributed by atoms with Gasteiger partial charge in [-0.2, -0.15) is 0 Å². The molecule has 0 bridgehead atoms. The highest BCUT2D eigenvalue weighted by Crippen LogP contribution is 2.45. The molecule has 1 aliphatic heterocycles. The van der Waals surface area contributed by atoms with Gasteiger partial charge >= 0.3 is 6.09 Å². The molecule has 4 aliphatic rings. The van der Waals surface area contributed by atoms with Crippen molar-refractivity contribution in [3.8, 4) is 11.1 Å². The molecule has 0 radical (unpaired) electrons. The molecule has 51 heavy (non-hydrogen) atoms. The van der Waals surface area contributed by atoms with E-state index in [1.54, 1.807) is 0 Å². The Kier molecular flexibility index (Phi) is 9.97. The first kappa shape index (κ1) is 36.4. The number of rotatable bonds is 11. The van der Waals surface area contributed by atoms with E-state index in [0.717, 1.165) is 48.1 Å². The Morgan fingerprint density at radius 3 is 2.25 bits per heavy atom. The predicted molar refractivity (Wildman–Crippen MR) is 194 cm³/mol. The molecular formula is C38H49N5O7S. The molecule has 3 N–H and O–H groups in total. The number of aryl methyl sites for hydroxylation is 1. The van der Waals surface area contributed by atoms with E-state index < -0.39 is 68.0 Å². The summed E-state index contributed by atoms with van der Waals surface area (Å²) in [5.41, 5.74) is 1.77. The highest BCUT2D eigenvalue weighted by molar-refractivity contribution is 7.91. The van der Waals surface area contributed by atoms with Crippen molar-refractivity contribution in [1.82, 2.24) is 20.3 Å². The molecule has 0 aromatic heterocycles. The summed E-state index contributed by atoms with van der Waals surface area (Å²) in [6.45, 7) is 11.5. The van der Waals surface area contributed by atoms with Crippen molar-refractivity contribution in [3.05, 3.63) is 66.7 Å². The first-order chi connectivity index (χ1) is 24.1. The maximum atomic E-state index is 14.5. The molecule has 4 atom stereocenters. The number of nitrogens with zero attached hydrogens (tertiary/aromatic N) is 2. The van der Waals surface area contributed by atoms with Gasteiger partial charge in [-0.15, -0.1) is 6.58 Å². The van der Waals surface area contributed by atoms with E-state index in [4.69, 9.17) is 4.74 Å². The minimum absolute atomic E-state index is 0.0344. The van der Waals surface area contributed by atoms with Crippen molar-refractivity contribution < 1.29 is 32.3 Å². The predicted octanol–water partition coefficient (Wildman–Crippen LogP) is 4.39. The number of carbonyl (C=O) groups excluding carboxylic acids is 4. The summed E-state index contributed by atoms with van der Waals surface area (Å²) in [4.78, 5) is 58.6. The van der Waals surface area contributed by atoms with Crippen molar-refractivity contribution in [2.24, 2.45) is 11.3 Å². The second-order valence-electron chi connectivity index (χ2n) is 15.5. The quantitative estimate of drug-likeness (QED) is 0.289. The maximum absolute atomic E-state index is 14.5. The molecule has 12 nitrogen and oxygen atoms in total. The van der Waals surface area contributed by atoms with Crippen LogP contribution in [0.1, 0.15) is 71.3 Å². The third-order valence-electron chi connectivity index (χ3n) is 10.6. The van der Waals surface area contributed by atoms with Gasteiger partial charge in [0.2, 0.25) is 21.8 Å². The fraction of sp³-hybridized carbons (Fsp3) is 0.526. The van der Waals surface area contributed by atoms with Crippen LogP contribution < -0.4 is 20.3 Å². The third kappa shape index (κ3) is 7.78. The van der Waals surface area contributed by atoms with Gasteiger partial charge in [-0.05, 0) is 86.1 Å². The Labute approximate surface area is 300 Å². The SMILES string of the molecule is C=C[C@@H]1C[C@]1(NC(=O)[C@@H]1CN(c2ccc(-c3ccccc3C)cc2)CN1C(=O)[C@@H](NC(=O)OC1CCCC1)C(C)(C)C)C(=O)NS(=O)(=O)C1CC1. The first-order valence-electron chi connectivity index (χ1n) is 17.8. The zero-order valence-corrected chi connectivity index (χ0v) is 30.6. The smallest absolute Gasteiger partial charge is 0.408 e. The Balaban J connectivity index is 1.27. The maximum Gasteiger partial charge on any atom is 0.408 e.